The number of halogens is 1. The molecule has 0 aliphatic heterocycles. The number of aryl methyl sites for hydroxylation is 1. The van der Waals surface area contributed by atoms with Gasteiger partial charge in [-0.05, 0) is 31.0 Å². The van der Waals surface area contributed by atoms with Crippen molar-refractivity contribution in [3.8, 4) is 5.75 Å². The average Bonchev–Trinajstić information content (AvgIpc) is 2.43. The Balaban J connectivity index is 2.40. The van der Waals surface area contributed by atoms with Crippen LogP contribution in [0.25, 0.3) is 0 Å². The van der Waals surface area contributed by atoms with Crippen LogP contribution in [0.3, 0.4) is 0 Å². The van der Waals surface area contributed by atoms with E-state index in [2.05, 4.69) is 9.97 Å². The Morgan fingerprint density at radius 1 is 1.27 bits per heavy atom. The Bertz CT molecular complexity index is 850. The Morgan fingerprint density at radius 3 is 2.59 bits per heavy atom. The maximum Gasteiger partial charge on any atom is 0.364 e. The fraction of sp³-hybridized carbons (Fsp3) is 0.214. The smallest absolute Gasteiger partial charge is 0.364 e. The van der Waals surface area contributed by atoms with Gasteiger partial charge in [-0.25, -0.2) is 23.2 Å². The number of hydrogen-bond donors (Lipinski definition) is 0. The highest BCUT2D eigenvalue weighted by Gasteiger charge is 2.21. The molecule has 2 rings (SSSR count). The quantitative estimate of drug-likeness (QED) is 0.484. The van der Waals surface area contributed by atoms with Crippen molar-refractivity contribution in [2.24, 2.45) is 0 Å². The molecule has 0 saturated heterocycles. The molecule has 0 amide bonds. The summed E-state index contributed by atoms with van der Waals surface area (Å²) >= 11 is 5.86. The zero-order valence-corrected chi connectivity index (χ0v) is 13.7. The lowest BCUT2D eigenvalue weighted by Gasteiger charge is -2.09. The van der Waals surface area contributed by atoms with Crippen molar-refractivity contribution >= 4 is 27.4 Å². The summed E-state index contributed by atoms with van der Waals surface area (Å²) < 4.78 is 28.2. The second-order valence-corrected chi connectivity index (χ2v) is 7.03. The molecule has 0 spiro atoms. The van der Waals surface area contributed by atoms with Gasteiger partial charge in [-0.1, -0.05) is 23.7 Å². The molecule has 1 aromatic carbocycles. The molecule has 0 radical (unpaired) electrons. The minimum absolute atomic E-state index is 0.0808. The van der Waals surface area contributed by atoms with Crippen LogP contribution >= 0.6 is 11.6 Å². The Labute approximate surface area is 133 Å². The highest BCUT2D eigenvalue weighted by atomic mass is 35.5. The third-order valence-corrected chi connectivity index (χ3v) is 4.14. The van der Waals surface area contributed by atoms with Gasteiger partial charge in [0.25, 0.3) is 0 Å². The lowest BCUT2D eigenvalue weighted by atomic mass is 10.1. The first-order valence-corrected chi connectivity index (χ1v) is 8.48. The highest BCUT2D eigenvalue weighted by molar-refractivity contribution is 7.90. The fourth-order valence-corrected chi connectivity index (χ4v) is 2.33. The predicted octanol–water partition coefficient (Wildman–Crippen LogP) is 2.37. The normalized spacial score (nSPS) is 11.3. The van der Waals surface area contributed by atoms with Gasteiger partial charge in [0.15, 0.2) is 5.69 Å². The summed E-state index contributed by atoms with van der Waals surface area (Å²) in [6.07, 6.45) is 2.00. The number of ether oxygens (including phenoxy) is 1. The van der Waals surface area contributed by atoms with Crippen LogP contribution < -0.4 is 4.74 Å². The number of esters is 1. The molecule has 0 unspecified atom stereocenters. The van der Waals surface area contributed by atoms with E-state index in [4.69, 9.17) is 16.3 Å². The summed E-state index contributed by atoms with van der Waals surface area (Å²) in [5.41, 5.74) is 1.46. The molecular weight excluding hydrogens is 328 g/mol. The van der Waals surface area contributed by atoms with Gasteiger partial charge in [-0.2, -0.15) is 0 Å². The topological polar surface area (TPSA) is 86.2 Å². The zero-order chi connectivity index (χ0) is 16.5. The van der Waals surface area contributed by atoms with Crippen molar-refractivity contribution < 1.29 is 17.9 Å². The van der Waals surface area contributed by atoms with Gasteiger partial charge >= 0.3 is 5.97 Å². The first-order chi connectivity index (χ1) is 10.2. The van der Waals surface area contributed by atoms with Crippen LogP contribution in [-0.2, 0) is 9.84 Å². The first-order valence-electron chi connectivity index (χ1n) is 6.21. The lowest BCUT2D eigenvalue weighted by molar-refractivity contribution is 0.0726. The predicted molar refractivity (Wildman–Crippen MR) is 81.0 cm³/mol. The molecule has 1 heterocycles. The maximum atomic E-state index is 12.2. The Hall–Kier alpha value is -1.99. The van der Waals surface area contributed by atoms with E-state index >= 15 is 0 Å². The van der Waals surface area contributed by atoms with E-state index in [0.717, 1.165) is 23.6 Å². The lowest BCUT2D eigenvalue weighted by Crippen LogP contribution is -2.15. The van der Waals surface area contributed by atoms with Crippen LogP contribution in [0.2, 0.25) is 5.02 Å². The van der Waals surface area contributed by atoms with Gasteiger partial charge in [-0.3, -0.25) is 0 Å². The standard InChI is InChI=1S/C14H13ClN2O4S/c1-8-5-4-6-11(9(8)2)21-13(18)12-10(15)7-16-14(17-12)22(3,19)20/h4-7H,1-3H3. The Kier molecular flexibility index (Phi) is 4.48. The number of aromatic nitrogens is 2. The van der Waals surface area contributed by atoms with E-state index in [9.17, 15) is 13.2 Å². The molecule has 0 saturated carbocycles. The average molecular weight is 341 g/mol. The number of sulfone groups is 1. The second-order valence-electron chi connectivity index (χ2n) is 4.71. The molecule has 2 aromatic rings. The minimum Gasteiger partial charge on any atom is -0.421 e. The van der Waals surface area contributed by atoms with Crippen LogP contribution in [0.4, 0.5) is 0 Å². The molecule has 0 fully saturated rings. The van der Waals surface area contributed by atoms with Gasteiger partial charge < -0.3 is 4.74 Å². The van der Waals surface area contributed by atoms with Crippen LogP contribution in [-0.4, -0.2) is 30.6 Å². The molecule has 22 heavy (non-hydrogen) atoms. The van der Waals surface area contributed by atoms with Crippen LogP contribution in [0.15, 0.2) is 29.6 Å². The SMILES string of the molecule is Cc1cccc(OC(=O)c2nc(S(C)(=O)=O)ncc2Cl)c1C. The van der Waals surface area contributed by atoms with Crippen molar-refractivity contribution in [2.75, 3.05) is 6.26 Å². The van der Waals surface area contributed by atoms with Gasteiger partial charge in [0, 0.05) is 6.26 Å². The molecule has 0 N–H and O–H groups in total. The van der Waals surface area contributed by atoms with Crippen LogP contribution in [0, 0.1) is 13.8 Å². The van der Waals surface area contributed by atoms with E-state index in [1.807, 2.05) is 19.9 Å². The van der Waals surface area contributed by atoms with Gasteiger partial charge in [0.05, 0.1) is 11.2 Å². The summed E-state index contributed by atoms with van der Waals surface area (Å²) in [4.78, 5) is 19.5. The van der Waals surface area contributed by atoms with Crippen LogP contribution in [0.1, 0.15) is 21.6 Å². The summed E-state index contributed by atoms with van der Waals surface area (Å²) in [5, 5.41) is -0.562. The number of benzene rings is 1. The monoisotopic (exact) mass is 340 g/mol. The van der Waals surface area contributed by atoms with Crippen molar-refractivity contribution in [1.82, 2.24) is 9.97 Å². The van der Waals surface area contributed by atoms with E-state index < -0.39 is 21.0 Å². The molecule has 1 aromatic heterocycles. The largest absolute Gasteiger partial charge is 0.421 e. The fourth-order valence-electron chi connectivity index (χ4n) is 1.66. The van der Waals surface area contributed by atoms with E-state index in [1.165, 1.54) is 0 Å². The van der Waals surface area contributed by atoms with E-state index in [1.54, 1.807) is 12.1 Å². The molecule has 116 valence electrons. The summed E-state index contributed by atoms with van der Waals surface area (Å²) in [5.74, 6) is -0.480. The molecule has 6 nitrogen and oxygen atoms in total. The number of hydrogen-bond acceptors (Lipinski definition) is 6. The molecular formula is C14H13ClN2O4S. The van der Waals surface area contributed by atoms with Crippen molar-refractivity contribution in [3.05, 3.63) is 46.2 Å². The zero-order valence-electron chi connectivity index (χ0n) is 12.1. The van der Waals surface area contributed by atoms with Gasteiger partial charge in [0.1, 0.15) is 5.75 Å². The van der Waals surface area contributed by atoms with Crippen LogP contribution in [0.5, 0.6) is 5.75 Å². The molecule has 0 aliphatic rings. The maximum absolute atomic E-state index is 12.2. The third-order valence-electron chi connectivity index (χ3n) is 3.00. The summed E-state index contributed by atoms with van der Waals surface area (Å²) in [7, 11) is -3.65. The number of carbonyl (C=O) groups is 1. The number of carbonyl (C=O) groups excluding carboxylic acids is 1. The molecule has 0 aliphatic carbocycles. The molecule has 0 bridgehead atoms. The number of nitrogens with zero attached hydrogens (tertiary/aromatic N) is 2. The molecule has 8 heteroatoms. The highest BCUT2D eigenvalue weighted by Crippen LogP contribution is 2.23. The summed E-state index contributed by atoms with van der Waals surface area (Å²) in [6, 6.07) is 5.26. The van der Waals surface area contributed by atoms with Crippen molar-refractivity contribution in [2.45, 2.75) is 19.0 Å². The second kappa shape index (κ2) is 6.02. The van der Waals surface area contributed by atoms with Crippen molar-refractivity contribution in [1.29, 1.82) is 0 Å². The Morgan fingerprint density at radius 2 is 1.95 bits per heavy atom. The van der Waals surface area contributed by atoms with E-state index in [-0.39, 0.29) is 10.7 Å². The number of rotatable bonds is 3. The first kappa shape index (κ1) is 16.4. The van der Waals surface area contributed by atoms with Crippen molar-refractivity contribution in [3.63, 3.8) is 0 Å². The minimum atomic E-state index is -3.65. The molecule has 0 atom stereocenters. The van der Waals surface area contributed by atoms with E-state index in [0.29, 0.717) is 5.75 Å². The van der Waals surface area contributed by atoms with Gasteiger partial charge in [0.2, 0.25) is 15.0 Å². The third kappa shape index (κ3) is 3.42. The van der Waals surface area contributed by atoms with Gasteiger partial charge in [-0.15, -0.1) is 0 Å². The summed E-state index contributed by atoms with van der Waals surface area (Å²) in [6.45, 7) is 3.69.